The Morgan fingerprint density at radius 1 is 1.21 bits per heavy atom. The Hall–Kier alpha value is -2.88. The second-order valence-electron chi connectivity index (χ2n) is 6.72. The smallest absolute Gasteiger partial charge is 0.416 e. The van der Waals surface area contributed by atoms with Crippen LogP contribution in [0, 0.1) is 0 Å². The van der Waals surface area contributed by atoms with Gasteiger partial charge in [-0.1, -0.05) is 11.3 Å². The molecule has 152 valence electrons. The maximum absolute atomic E-state index is 12.9. The molecule has 0 bridgehead atoms. The van der Waals surface area contributed by atoms with E-state index in [-0.39, 0.29) is 11.8 Å². The van der Waals surface area contributed by atoms with Gasteiger partial charge in [0.05, 0.1) is 15.8 Å². The number of anilines is 1. The number of hydrogen-bond donors (Lipinski definition) is 1. The van der Waals surface area contributed by atoms with Crippen LogP contribution in [0.15, 0.2) is 36.5 Å². The first-order chi connectivity index (χ1) is 13.8. The molecule has 6 nitrogen and oxygen atoms in total. The van der Waals surface area contributed by atoms with Gasteiger partial charge in [0.1, 0.15) is 17.5 Å². The van der Waals surface area contributed by atoms with E-state index in [9.17, 15) is 18.0 Å². The van der Waals surface area contributed by atoms with Crippen LogP contribution in [-0.2, 0) is 6.18 Å². The van der Waals surface area contributed by atoms with Gasteiger partial charge in [-0.3, -0.25) is 9.78 Å². The molecular formula is C19H17F3N4O2S. The SMILES string of the molecule is NC(=O)c1cc(OC2CCN(c3nc4cc(C(F)(F)F)ccc4s3)CC2)ccn1. The molecule has 0 atom stereocenters. The molecule has 3 heterocycles. The Bertz CT molecular complexity index is 1050. The summed E-state index contributed by atoms with van der Waals surface area (Å²) in [6.45, 7) is 1.34. The van der Waals surface area contributed by atoms with Crippen molar-refractivity contribution in [2.45, 2.75) is 25.1 Å². The van der Waals surface area contributed by atoms with E-state index < -0.39 is 17.6 Å². The van der Waals surface area contributed by atoms with E-state index in [0.29, 0.717) is 29.5 Å². The van der Waals surface area contributed by atoms with E-state index >= 15 is 0 Å². The summed E-state index contributed by atoms with van der Waals surface area (Å²) in [7, 11) is 0. The lowest BCUT2D eigenvalue weighted by atomic mass is 10.1. The molecule has 10 heteroatoms. The van der Waals surface area contributed by atoms with Gasteiger partial charge in [-0.15, -0.1) is 0 Å². The van der Waals surface area contributed by atoms with Gasteiger partial charge in [0.15, 0.2) is 5.13 Å². The highest BCUT2D eigenvalue weighted by atomic mass is 32.1. The number of thiazole rings is 1. The van der Waals surface area contributed by atoms with Crippen LogP contribution in [0.1, 0.15) is 28.9 Å². The molecule has 1 amide bonds. The molecule has 0 unspecified atom stereocenters. The normalized spacial score (nSPS) is 15.6. The molecule has 1 aliphatic rings. The van der Waals surface area contributed by atoms with E-state index in [0.717, 1.165) is 29.7 Å². The van der Waals surface area contributed by atoms with Crippen LogP contribution in [-0.4, -0.2) is 35.1 Å². The minimum absolute atomic E-state index is 0.0411. The van der Waals surface area contributed by atoms with Crippen molar-refractivity contribution in [1.82, 2.24) is 9.97 Å². The molecule has 0 radical (unpaired) electrons. The Kier molecular flexibility index (Phi) is 5.03. The summed E-state index contributed by atoms with van der Waals surface area (Å²) in [6, 6.07) is 6.82. The van der Waals surface area contributed by atoms with Crippen molar-refractivity contribution >= 4 is 32.6 Å². The first-order valence-corrected chi connectivity index (χ1v) is 9.76. The topological polar surface area (TPSA) is 81.3 Å². The highest BCUT2D eigenvalue weighted by molar-refractivity contribution is 7.22. The number of nitrogens with zero attached hydrogens (tertiary/aromatic N) is 3. The lowest BCUT2D eigenvalue weighted by Gasteiger charge is -2.31. The van der Waals surface area contributed by atoms with Crippen molar-refractivity contribution in [2.24, 2.45) is 5.73 Å². The second-order valence-corrected chi connectivity index (χ2v) is 7.73. The summed E-state index contributed by atoms with van der Waals surface area (Å²) in [4.78, 5) is 21.6. The van der Waals surface area contributed by atoms with Crippen molar-refractivity contribution in [3.05, 3.63) is 47.8 Å². The molecule has 4 rings (SSSR count). The first kappa shape index (κ1) is 19.4. The number of carbonyl (C=O) groups is 1. The molecule has 1 saturated heterocycles. The number of aromatic nitrogens is 2. The van der Waals surface area contributed by atoms with E-state index in [2.05, 4.69) is 14.9 Å². The molecule has 29 heavy (non-hydrogen) atoms. The number of piperidine rings is 1. The number of alkyl halides is 3. The third-order valence-electron chi connectivity index (χ3n) is 4.70. The van der Waals surface area contributed by atoms with E-state index in [1.165, 1.54) is 29.7 Å². The largest absolute Gasteiger partial charge is 0.490 e. The lowest BCUT2D eigenvalue weighted by Crippen LogP contribution is -2.38. The summed E-state index contributed by atoms with van der Waals surface area (Å²) in [6.07, 6.45) is -1.51. The van der Waals surface area contributed by atoms with Crippen LogP contribution >= 0.6 is 11.3 Å². The number of primary amides is 1. The highest BCUT2D eigenvalue weighted by Crippen LogP contribution is 2.35. The molecule has 1 aliphatic heterocycles. The van der Waals surface area contributed by atoms with Crippen molar-refractivity contribution in [2.75, 3.05) is 18.0 Å². The van der Waals surface area contributed by atoms with Crippen molar-refractivity contribution in [1.29, 1.82) is 0 Å². The van der Waals surface area contributed by atoms with Crippen molar-refractivity contribution in [3.63, 3.8) is 0 Å². The fourth-order valence-corrected chi connectivity index (χ4v) is 4.20. The van der Waals surface area contributed by atoms with Gasteiger partial charge < -0.3 is 15.4 Å². The van der Waals surface area contributed by atoms with Crippen LogP contribution < -0.4 is 15.4 Å². The fraction of sp³-hybridized carbons (Fsp3) is 0.316. The lowest BCUT2D eigenvalue weighted by molar-refractivity contribution is -0.137. The summed E-state index contributed by atoms with van der Waals surface area (Å²) < 4.78 is 45.3. The van der Waals surface area contributed by atoms with Gasteiger partial charge in [-0.25, -0.2) is 4.98 Å². The highest BCUT2D eigenvalue weighted by Gasteiger charge is 2.31. The number of benzene rings is 1. The maximum atomic E-state index is 12.9. The standard InChI is InChI=1S/C19H17F3N4O2S/c20-19(21,22)11-1-2-16-14(9-11)25-18(29-16)26-7-4-12(5-8-26)28-13-3-6-24-15(10-13)17(23)27/h1-3,6,9-10,12H,4-5,7-8H2,(H2,23,27). The van der Waals surface area contributed by atoms with Crippen LogP contribution in [0.25, 0.3) is 10.2 Å². The average molecular weight is 422 g/mol. The fourth-order valence-electron chi connectivity index (χ4n) is 3.20. The number of halogens is 3. The zero-order valence-corrected chi connectivity index (χ0v) is 16.0. The number of carbonyl (C=O) groups excluding carboxylic acids is 1. The maximum Gasteiger partial charge on any atom is 0.416 e. The van der Waals surface area contributed by atoms with Crippen LogP contribution in [0.3, 0.4) is 0 Å². The van der Waals surface area contributed by atoms with Crippen LogP contribution in [0.5, 0.6) is 5.75 Å². The third kappa shape index (κ3) is 4.26. The quantitative estimate of drug-likeness (QED) is 0.691. The van der Waals surface area contributed by atoms with E-state index in [1.807, 2.05) is 0 Å². The van der Waals surface area contributed by atoms with Gasteiger partial charge in [-0.05, 0) is 24.3 Å². The number of ether oxygens (including phenoxy) is 1. The number of pyridine rings is 1. The Morgan fingerprint density at radius 3 is 2.66 bits per heavy atom. The van der Waals surface area contributed by atoms with Crippen LogP contribution in [0.4, 0.5) is 18.3 Å². The molecule has 1 fully saturated rings. The summed E-state index contributed by atoms with van der Waals surface area (Å²) in [5.74, 6) is -0.0818. The van der Waals surface area contributed by atoms with E-state index in [1.54, 1.807) is 6.07 Å². The number of amides is 1. The molecule has 0 aliphatic carbocycles. The van der Waals surface area contributed by atoms with Crippen molar-refractivity contribution < 1.29 is 22.7 Å². The van der Waals surface area contributed by atoms with Gasteiger partial charge in [-0.2, -0.15) is 13.2 Å². The van der Waals surface area contributed by atoms with E-state index in [4.69, 9.17) is 10.5 Å². The predicted molar refractivity (Wildman–Crippen MR) is 103 cm³/mol. The number of fused-ring (bicyclic) bond motifs is 1. The Balaban J connectivity index is 1.42. The molecule has 2 N–H and O–H groups in total. The van der Waals surface area contributed by atoms with Gasteiger partial charge in [0.25, 0.3) is 5.91 Å². The molecule has 0 saturated carbocycles. The molecule has 2 aromatic heterocycles. The number of rotatable bonds is 4. The monoisotopic (exact) mass is 422 g/mol. The number of hydrogen-bond acceptors (Lipinski definition) is 6. The van der Waals surface area contributed by atoms with Gasteiger partial charge in [0, 0.05) is 38.2 Å². The summed E-state index contributed by atoms with van der Waals surface area (Å²) in [5, 5.41) is 0.706. The predicted octanol–water partition coefficient (Wildman–Crippen LogP) is 3.86. The Morgan fingerprint density at radius 2 is 1.97 bits per heavy atom. The third-order valence-corrected chi connectivity index (χ3v) is 5.80. The molecular weight excluding hydrogens is 405 g/mol. The molecule has 0 spiro atoms. The zero-order valence-electron chi connectivity index (χ0n) is 15.1. The van der Waals surface area contributed by atoms with Gasteiger partial charge in [0.2, 0.25) is 0 Å². The average Bonchev–Trinajstić information content (AvgIpc) is 3.11. The minimum atomic E-state index is -4.38. The summed E-state index contributed by atoms with van der Waals surface area (Å²) in [5.41, 5.74) is 5.04. The second kappa shape index (κ2) is 7.51. The van der Waals surface area contributed by atoms with Crippen LogP contribution in [0.2, 0.25) is 0 Å². The first-order valence-electron chi connectivity index (χ1n) is 8.95. The number of nitrogens with two attached hydrogens (primary N) is 1. The van der Waals surface area contributed by atoms with Gasteiger partial charge >= 0.3 is 6.18 Å². The molecule has 1 aromatic carbocycles. The molecule has 3 aromatic rings. The summed E-state index contributed by atoms with van der Waals surface area (Å²) >= 11 is 1.38. The Labute approximate surface area is 168 Å². The zero-order chi connectivity index (χ0) is 20.6. The minimum Gasteiger partial charge on any atom is -0.490 e. The van der Waals surface area contributed by atoms with Crippen molar-refractivity contribution in [3.8, 4) is 5.75 Å².